The molecule has 1 unspecified atom stereocenters. The zero-order valence-corrected chi connectivity index (χ0v) is 16.8. The van der Waals surface area contributed by atoms with Crippen molar-refractivity contribution in [1.29, 1.82) is 0 Å². The van der Waals surface area contributed by atoms with Gasteiger partial charge in [-0.2, -0.15) is 0 Å². The minimum atomic E-state index is 0. The number of likely N-dealkylation sites (tertiary alicyclic amines) is 1. The second-order valence-electron chi connectivity index (χ2n) is 6.25. The van der Waals surface area contributed by atoms with Crippen LogP contribution in [0.5, 0.6) is 11.5 Å². The molecule has 0 aromatic heterocycles. The summed E-state index contributed by atoms with van der Waals surface area (Å²) in [4.78, 5) is 5.17. The number of hydrogen-bond donors (Lipinski definition) is 1. The van der Waals surface area contributed by atoms with Crippen molar-refractivity contribution in [3.05, 3.63) is 22.2 Å². The lowest BCUT2D eigenvalue weighted by atomic mass is 10.1. The Morgan fingerprint density at radius 2 is 1.92 bits per heavy atom. The van der Waals surface area contributed by atoms with E-state index < -0.39 is 0 Å². The van der Waals surface area contributed by atoms with E-state index in [1.165, 1.54) is 25.1 Å². The molecule has 7 heteroatoms. The third kappa shape index (κ3) is 4.55. The Hall–Kier alpha value is -0.530. The quantitative estimate of drug-likeness (QED) is 0.791. The third-order valence-corrected chi connectivity index (χ3v) is 5.59. The number of nitrogens with zero attached hydrogens (tertiary/aromatic N) is 2. The maximum atomic E-state index is 5.57. The van der Waals surface area contributed by atoms with Crippen LogP contribution < -0.4 is 14.8 Å². The van der Waals surface area contributed by atoms with Crippen molar-refractivity contribution in [3.8, 4) is 11.5 Å². The van der Waals surface area contributed by atoms with Crippen molar-refractivity contribution in [2.24, 2.45) is 0 Å². The Kier molecular flexibility index (Phi) is 7.62. The lowest BCUT2D eigenvalue weighted by Gasteiger charge is -2.32. The molecule has 136 valence electrons. The average molecular weight is 421 g/mol. The summed E-state index contributed by atoms with van der Waals surface area (Å²) in [5.41, 5.74) is 1.20. The van der Waals surface area contributed by atoms with E-state index in [-0.39, 0.29) is 12.4 Å². The van der Waals surface area contributed by atoms with Gasteiger partial charge in [0.15, 0.2) is 0 Å². The SMILES string of the molecule is COc1cc(Br)c(CN2CCC(N3CCNCC3)C2)c(OC)c1.Cl. The van der Waals surface area contributed by atoms with Gasteiger partial charge in [0.05, 0.1) is 14.2 Å². The number of piperazine rings is 1. The lowest BCUT2D eigenvalue weighted by molar-refractivity contribution is 0.170. The standard InChI is InChI=1S/C17H26BrN3O2.ClH/c1-22-14-9-16(18)15(17(10-14)23-2)12-20-6-3-13(11-20)21-7-4-19-5-8-21;/h9-10,13,19H,3-8,11-12H2,1-2H3;1H. The highest BCUT2D eigenvalue weighted by Crippen LogP contribution is 2.34. The predicted molar refractivity (Wildman–Crippen MR) is 103 cm³/mol. The molecule has 5 nitrogen and oxygen atoms in total. The Morgan fingerprint density at radius 1 is 1.17 bits per heavy atom. The molecule has 2 aliphatic heterocycles. The first kappa shape index (κ1) is 19.8. The molecule has 2 aliphatic rings. The van der Waals surface area contributed by atoms with E-state index in [1.807, 2.05) is 12.1 Å². The summed E-state index contributed by atoms with van der Waals surface area (Å²) in [6.07, 6.45) is 1.26. The molecule has 2 fully saturated rings. The number of benzene rings is 1. The van der Waals surface area contributed by atoms with Crippen molar-refractivity contribution in [2.45, 2.75) is 19.0 Å². The van der Waals surface area contributed by atoms with Crippen LogP contribution in [0.1, 0.15) is 12.0 Å². The summed E-state index contributed by atoms with van der Waals surface area (Å²) >= 11 is 3.67. The maximum Gasteiger partial charge on any atom is 0.128 e. The fraction of sp³-hybridized carbons (Fsp3) is 0.647. The summed E-state index contributed by atoms with van der Waals surface area (Å²) in [5.74, 6) is 1.71. The zero-order chi connectivity index (χ0) is 16.2. The van der Waals surface area contributed by atoms with Gasteiger partial charge in [0, 0.05) is 68.0 Å². The van der Waals surface area contributed by atoms with E-state index in [0.29, 0.717) is 6.04 Å². The zero-order valence-electron chi connectivity index (χ0n) is 14.4. The van der Waals surface area contributed by atoms with Crippen LogP contribution in [0.2, 0.25) is 0 Å². The molecule has 0 aliphatic carbocycles. The molecule has 0 bridgehead atoms. The number of rotatable bonds is 5. The van der Waals surface area contributed by atoms with Crippen LogP contribution in [-0.4, -0.2) is 69.3 Å². The predicted octanol–water partition coefficient (Wildman–Crippen LogP) is 2.37. The van der Waals surface area contributed by atoms with Gasteiger partial charge >= 0.3 is 0 Å². The van der Waals surface area contributed by atoms with Crippen molar-refractivity contribution >= 4 is 28.3 Å². The molecule has 2 saturated heterocycles. The van der Waals surface area contributed by atoms with Gasteiger partial charge in [0.2, 0.25) is 0 Å². The van der Waals surface area contributed by atoms with Gasteiger partial charge in [0.1, 0.15) is 11.5 Å². The topological polar surface area (TPSA) is 37.0 Å². The van der Waals surface area contributed by atoms with Gasteiger partial charge in [0.25, 0.3) is 0 Å². The number of hydrogen-bond acceptors (Lipinski definition) is 5. The van der Waals surface area contributed by atoms with E-state index in [1.54, 1.807) is 14.2 Å². The van der Waals surface area contributed by atoms with E-state index >= 15 is 0 Å². The van der Waals surface area contributed by atoms with Crippen molar-refractivity contribution in [1.82, 2.24) is 15.1 Å². The van der Waals surface area contributed by atoms with Crippen LogP contribution in [0.15, 0.2) is 16.6 Å². The Balaban J connectivity index is 0.00000208. The molecule has 2 heterocycles. The van der Waals surface area contributed by atoms with E-state index in [9.17, 15) is 0 Å². The van der Waals surface area contributed by atoms with Crippen molar-refractivity contribution < 1.29 is 9.47 Å². The molecule has 1 N–H and O–H groups in total. The summed E-state index contributed by atoms with van der Waals surface area (Å²) < 4.78 is 11.9. The molecule has 24 heavy (non-hydrogen) atoms. The Labute approximate surface area is 159 Å². The molecule has 0 saturated carbocycles. The van der Waals surface area contributed by atoms with Crippen LogP contribution >= 0.6 is 28.3 Å². The summed E-state index contributed by atoms with van der Waals surface area (Å²) in [6, 6.07) is 4.67. The van der Waals surface area contributed by atoms with Crippen LogP contribution in [0.25, 0.3) is 0 Å². The first-order valence-corrected chi connectivity index (χ1v) is 9.08. The fourth-order valence-corrected chi connectivity index (χ4v) is 4.11. The molecular formula is C17H27BrClN3O2. The van der Waals surface area contributed by atoms with Crippen LogP contribution in [-0.2, 0) is 6.54 Å². The lowest BCUT2D eigenvalue weighted by Crippen LogP contribution is -2.49. The summed E-state index contributed by atoms with van der Waals surface area (Å²) in [7, 11) is 3.40. The fourth-order valence-electron chi connectivity index (χ4n) is 3.57. The Morgan fingerprint density at radius 3 is 2.58 bits per heavy atom. The third-order valence-electron chi connectivity index (χ3n) is 4.88. The maximum absolute atomic E-state index is 5.57. The largest absolute Gasteiger partial charge is 0.497 e. The van der Waals surface area contributed by atoms with Crippen molar-refractivity contribution in [3.63, 3.8) is 0 Å². The normalized spacial score (nSPS) is 22.2. The minimum Gasteiger partial charge on any atom is -0.497 e. The molecule has 1 atom stereocenters. The van der Waals surface area contributed by atoms with Gasteiger partial charge < -0.3 is 14.8 Å². The molecule has 3 rings (SSSR count). The van der Waals surface area contributed by atoms with Crippen LogP contribution in [0.4, 0.5) is 0 Å². The highest BCUT2D eigenvalue weighted by atomic mass is 79.9. The first-order chi connectivity index (χ1) is 11.2. The van der Waals surface area contributed by atoms with E-state index in [2.05, 4.69) is 31.0 Å². The smallest absolute Gasteiger partial charge is 0.128 e. The number of methoxy groups -OCH3 is 2. The molecule has 0 spiro atoms. The van der Waals surface area contributed by atoms with Crippen LogP contribution in [0, 0.1) is 0 Å². The molecule has 0 radical (unpaired) electrons. The highest BCUT2D eigenvalue weighted by Gasteiger charge is 2.29. The number of halogens is 2. The first-order valence-electron chi connectivity index (χ1n) is 8.28. The molecule has 0 amide bonds. The van der Waals surface area contributed by atoms with E-state index in [0.717, 1.165) is 48.7 Å². The van der Waals surface area contributed by atoms with E-state index in [4.69, 9.17) is 9.47 Å². The van der Waals surface area contributed by atoms with Gasteiger partial charge in [-0.15, -0.1) is 12.4 Å². The van der Waals surface area contributed by atoms with Gasteiger partial charge in [-0.05, 0) is 12.5 Å². The number of nitrogens with one attached hydrogen (secondary N) is 1. The highest BCUT2D eigenvalue weighted by molar-refractivity contribution is 9.10. The molecular weight excluding hydrogens is 394 g/mol. The second kappa shape index (κ2) is 9.25. The Bertz CT molecular complexity index is 541. The van der Waals surface area contributed by atoms with Gasteiger partial charge in [-0.3, -0.25) is 9.80 Å². The minimum absolute atomic E-state index is 0. The van der Waals surface area contributed by atoms with Crippen molar-refractivity contribution in [2.75, 3.05) is 53.5 Å². The number of ether oxygens (including phenoxy) is 2. The van der Waals surface area contributed by atoms with Gasteiger partial charge in [-0.25, -0.2) is 0 Å². The second-order valence-corrected chi connectivity index (χ2v) is 7.11. The summed E-state index contributed by atoms with van der Waals surface area (Å²) in [6.45, 7) is 7.79. The monoisotopic (exact) mass is 419 g/mol. The average Bonchev–Trinajstić information content (AvgIpc) is 3.06. The molecule has 1 aromatic rings. The summed E-state index contributed by atoms with van der Waals surface area (Å²) in [5, 5.41) is 3.43. The van der Waals surface area contributed by atoms with Crippen LogP contribution in [0.3, 0.4) is 0 Å². The molecule has 1 aromatic carbocycles. The van der Waals surface area contributed by atoms with Gasteiger partial charge in [-0.1, -0.05) is 15.9 Å².